The third-order valence-corrected chi connectivity index (χ3v) is 9.58. The molecule has 5 rings (SSSR count). The molecule has 2 amide bonds. The quantitative estimate of drug-likeness (QED) is 0.384. The molecular weight excluding hydrogens is 516 g/mol. The number of fused-ring (bicyclic) bond motifs is 1. The summed E-state index contributed by atoms with van der Waals surface area (Å²) in [4.78, 5) is 27.4. The smallest absolute Gasteiger partial charge is 0.261 e. The van der Waals surface area contributed by atoms with E-state index in [0.29, 0.717) is 11.3 Å². The van der Waals surface area contributed by atoms with E-state index >= 15 is 0 Å². The van der Waals surface area contributed by atoms with Crippen molar-refractivity contribution in [2.45, 2.75) is 47.4 Å². The van der Waals surface area contributed by atoms with E-state index < -0.39 is 5.41 Å². The van der Waals surface area contributed by atoms with Crippen molar-refractivity contribution in [3.05, 3.63) is 86.7 Å². The molecule has 2 aliphatic carbocycles. The normalized spacial score (nSPS) is 20.5. The summed E-state index contributed by atoms with van der Waals surface area (Å²) in [5.41, 5.74) is 2.85. The Kier molecular flexibility index (Phi) is 6.38. The molecule has 2 N–H and O–H groups in total. The van der Waals surface area contributed by atoms with Crippen LogP contribution in [0.15, 0.2) is 69.3 Å². The molecule has 0 saturated heterocycles. The largest absolute Gasteiger partial charge is 0.350 e. The Bertz CT molecular complexity index is 1190. The highest BCUT2D eigenvalue weighted by atomic mass is 79.9. The van der Waals surface area contributed by atoms with Crippen LogP contribution in [0.4, 0.5) is 0 Å². The average Bonchev–Trinajstić information content (AvgIpc) is 3.40. The van der Waals surface area contributed by atoms with Crippen molar-refractivity contribution >= 4 is 50.8 Å². The summed E-state index contributed by atoms with van der Waals surface area (Å²) >= 11 is 6.62. The Morgan fingerprint density at radius 2 is 1.79 bits per heavy atom. The van der Waals surface area contributed by atoms with Crippen LogP contribution in [-0.4, -0.2) is 24.1 Å². The number of carbonyl (C=O) groups is 2. The first kappa shape index (κ1) is 22.7. The van der Waals surface area contributed by atoms with E-state index in [2.05, 4.69) is 38.7 Å². The molecule has 1 saturated carbocycles. The van der Waals surface area contributed by atoms with Crippen LogP contribution in [0.5, 0.6) is 0 Å². The third-order valence-electron chi connectivity index (χ3n) is 6.88. The molecule has 33 heavy (non-hydrogen) atoms. The van der Waals surface area contributed by atoms with E-state index in [-0.39, 0.29) is 23.9 Å². The van der Waals surface area contributed by atoms with Gasteiger partial charge in [0, 0.05) is 4.47 Å². The van der Waals surface area contributed by atoms with Crippen molar-refractivity contribution in [3.8, 4) is 0 Å². The lowest BCUT2D eigenvalue weighted by Gasteiger charge is -2.42. The Hall–Kier alpha value is -2.09. The fourth-order valence-corrected chi connectivity index (χ4v) is 6.64. The first-order valence-electron chi connectivity index (χ1n) is 11.1. The van der Waals surface area contributed by atoms with Gasteiger partial charge in [0.2, 0.25) is 5.91 Å². The van der Waals surface area contributed by atoms with Crippen LogP contribution in [0, 0.1) is 0 Å². The fourth-order valence-electron chi connectivity index (χ4n) is 4.92. The number of amides is 2. The molecule has 1 heterocycles. The third kappa shape index (κ3) is 4.27. The van der Waals surface area contributed by atoms with Gasteiger partial charge in [-0.3, -0.25) is 9.59 Å². The molecule has 1 aromatic heterocycles. The van der Waals surface area contributed by atoms with Crippen LogP contribution in [0.1, 0.15) is 51.7 Å². The summed E-state index contributed by atoms with van der Waals surface area (Å²) in [5, 5.41) is 6.56. The number of rotatable bonds is 6. The summed E-state index contributed by atoms with van der Waals surface area (Å²) in [6.07, 6.45) is 5.47. The van der Waals surface area contributed by atoms with Gasteiger partial charge in [-0.05, 0) is 66.5 Å². The Balaban J connectivity index is 1.38. The average molecular weight is 542 g/mol. The molecule has 7 heteroatoms. The van der Waals surface area contributed by atoms with Crippen molar-refractivity contribution in [1.29, 1.82) is 0 Å². The van der Waals surface area contributed by atoms with Crippen molar-refractivity contribution in [2.75, 3.05) is 6.26 Å². The van der Waals surface area contributed by atoms with Gasteiger partial charge < -0.3 is 10.6 Å². The summed E-state index contributed by atoms with van der Waals surface area (Å²) < 4.78 is 2.12. The number of nitrogens with one attached hydrogen (secondary N) is 2. The molecule has 0 bridgehead atoms. The fraction of sp³-hybridized carbons (Fsp3) is 0.308. The molecule has 2 aliphatic rings. The molecule has 0 radical (unpaired) electrons. The second kappa shape index (κ2) is 9.28. The predicted octanol–water partition coefficient (Wildman–Crippen LogP) is 5.87. The van der Waals surface area contributed by atoms with Crippen LogP contribution in [-0.2, 0) is 16.6 Å². The molecule has 0 unspecified atom stereocenters. The highest BCUT2D eigenvalue weighted by Crippen LogP contribution is 2.45. The standard InChI is InChI=1S/C26H25BrN2O2S2/c1-32-22-12-11-21(33-22)24(30)29-23-19-6-3-2-5-16(19)15-20(23)28-25(31)26(13-4-14-26)17-7-9-18(27)10-8-17/h2-3,5-12,20,23H,4,13-15H2,1H3,(H,28,31)(H,29,30)/t20-,23-/m1/s1. The van der Waals surface area contributed by atoms with Crippen LogP contribution < -0.4 is 10.6 Å². The van der Waals surface area contributed by atoms with Crippen LogP contribution in [0.25, 0.3) is 0 Å². The minimum absolute atomic E-state index is 0.0638. The molecule has 0 aliphatic heterocycles. The minimum Gasteiger partial charge on any atom is -0.350 e. The highest BCUT2D eigenvalue weighted by molar-refractivity contribution is 9.10. The lowest BCUT2D eigenvalue weighted by Crippen LogP contribution is -2.54. The van der Waals surface area contributed by atoms with E-state index in [1.165, 1.54) is 16.9 Å². The maximum absolute atomic E-state index is 13.6. The summed E-state index contributed by atoms with van der Waals surface area (Å²) in [6, 6.07) is 19.7. The summed E-state index contributed by atoms with van der Waals surface area (Å²) in [6.45, 7) is 0. The molecular formula is C26H25BrN2O2S2. The molecule has 4 nitrogen and oxygen atoms in total. The summed E-state index contributed by atoms with van der Waals surface area (Å²) in [5.74, 6) is -0.0264. The number of thioether (sulfide) groups is 1. The number of thiophene rings is 1. The molecule has 170 valence electrons. The maximum atomic E-state index is 13.6. The van der Waals surface area contributed by atoms with E-state index in [9.17, 15) is 9.59 Å². The topological polar surface area (TPSA) is 58.2 Å². The number of carbonyl (C=O) groups excluding carboxylic acids is 2. The van der Waals surface area contributed by atoms with Crippen LogP contribution >= 0.6 is 39.0 Å². The van der Waals surface area contributed by atoms with Gasteiger partial charge in [-0.2, -0.15) is 0 Å². The van der Waals surface area contributed by atoms with Crippen molar-refractivity contribution in [2.24, 2.45) is 0 Å². The van der Waals surface area contributed by atoms with Gasteiger partial charge >= 0.3 is 0 Å². The predicted molar refractivity (Wildman–Crippen MR) is 138 cm³/mol. The zero-order chi connectivity index (χ0) is 23.0. The van der Waals surface area contributed by atoms with E-state index in [0.717, 1.165) is 39.1 Å². The Labute approximate surface area is 210 Å². The lowest BCUT2D eigenvalue weighted by atomic mass is 9.63. The lowest BCUT2D eigenvalue weighted by molar-refractivity contribution is -0.130. The maximum Gasteiger partial charge on any atom is 0.261 e. The monoisotopic (exact) mass is 540 g/mol. The van der Waals surface area contributed by atoms with Gasteiger partial charge in [0.05, 0.1) is 26.6 Å². The van der Waals surface area contributed by atoms with Gasteiger partial charge in [0.25, 0.3) is 5.91 Å². The van der Waals surface area contributed by atoms with Gasteiger partial charge in [-0.1, -0.05) is 58.7 Å². The first-order chi connectivity index (χ1) is 16.0. The van der Waals surface area contributed by atoms with E-state index in [1.807, 2.05) is 54.8 Å². The zero-order valence-corrected chi connectivity index (χ0v) is 21.5. The van der Waals surface area contributed by atoms with E-state index in [1.54, 1.807) is 11.8 Å². The minimum atomic E-state index is -0.481. The number of benzene rings is 2. The number of halogens is 1. The summed E-state index contributed by atoms with van der Waals surface area (Å²) in [7, 11) is 0. The highest BCUT2D eigenvalue weighted by Gasteiger charge is 2.47. The van der Waals surface area contributed by atoms with Crippen molar-refractivity contribution < 1.29 is 9.59 Å². The van der Waals surface area contributed by atoms with Gasteiger partial charge in [0.1, 0.15) is 0 Å². The molecule has 0 spiro atoms. The Morgan fingerprint density at radius 3 is 2.45 bits per heavy atom. The number of hydrogen-bond donors (Lipinski definition) is 2. The van der Waals surface area contributed by atoms with Gasteiger partial charge in [-0.15, -0.1) is 23.1 Å². The first-order valence-corrected chi connectivity index (χ1v) is 13.9. The molecule has 3 aromatic rings. The van der Waals surface area contributed by atoms with E-state index in [4.69, 9.17) is 0 Å². The zero-order valence-electron chi connectivity index (χ0n) is 18.3. The van der Waals surface area contributed by atoms with Crippen molar-refractivity contribution in [3.63, 3.8) is 0 Å². The van der Waals surface area contributed by atoms with Gasteiger partial charge in [0.15, 0.2) is 0 Å². The van der Waals surface area contributed by atoms with Crippen LogP contribution in [0.3, 0.4) is 0 Å². The SMILES string of the molecule is CSc1ccc(C(=O)N[C@@H]2c3ccccc3C[C@H]2NC(=O)C2(c3ccc(Br)cc3)CCC2)s1. The van der Waals surface area contributed by atoms with Gasteiger partial charge in [-0.25, -0.2) is 0 Å². The molecule has 2 atom stereocenters. The second-order valence-electron chi connectivity index (χ2n) is 8.70. The number of hydrogen-bond acceptors (Lipinski definition) is 4. The second-order valence-corrected chi connectivity index (χ2v) is 11.8. The van der Waals surface area contributed by atoms with Crippen LogP contribution in [0.2, 0.25) is 0 Å². The molecule has 1 fully saturated rings. The Morgan fingerprint density at radius 1 is 1.03 bits per heavy atom. The van der Waals surface area contributed by atoms with Crippen molar-refractivity contribution in [1.82, 2.24) is 10.6 Å². The molecule has 2 aromatic carbocycles.